The van der Waals surface area contributed by atoms with Crippen LogP contribution in [-0.2, 0) is 16.1 Å². The average Bonchev–Trinajstić information content (AvgIpc) is 3.17. The van der Waals surface area contributed by atoms with Gasteiger partial charge in [-0.3, -0.25) is 4.79 Å². The van der Waals surface area contributed by atoms with Gasteiger partial charge in [0, 0.05) is 29.9 Å². The molecule has 34 heavy (non-hydrogen) atoms. The number of amides is 1. The molecule has 3 N–H and O–H groups in total. The number of aromatic hydroxyl groups is 1. The number of benzene rings is 3. The fourth-order valence-electron chi connectivity index (χ4n) is 3.67. The summed E-state index contributed by atoms with van der Waals surface area (Å²) in [5.74, 6) is -0.549. The summed E-state index contributed by atoms with van der Waals surface area (Å²) in [5.41, 5.74) is 4.61. The number of hydrogen-bond acceptors (Lipinski definition) is 5. The summed E-state index contributed by atoms with van der Waals surface area (Å²) in [5, 5.41) is 14.4. The molecule has 4 rings (SSSR count). The lowest BCUT2D eigenvalue weighted by molar-refractivity contribution is -0.119. The number of nitrogens with zero attached hydrogens (tertiary/aromatic N) is 1. The van der Waals surface area contributed by atoms with Crippen molar-refractivity contribution in [1.29, 1.82) is 0 Å². The first-order chi connectivity index (χ1) is 16.5. The third kappa shape index (κ3) is 4.99. The number of rotatable bonds is 7. The lowest BCUT2D eigenvalue weighted by Gasteiger charge is -2.09. The molecule has 0 aliphatic heterocycles. The minimum Gasteiger partial charge on any atom is -0.494 e. The minimum atomic E-state index is -0.420. The first kappa shape index (κ1) is 22.8. The van der Waals surface area contributed by atoms with E-state index in [-0.39, 0.29) is 18.4 Å². The fourth-order valence-corrected chi connectivity index (χ4v) is 3.67. The average molecular weight is 456 g/mol. The Kier molecular flexibility index (Phi) is 6.73. The number of fused-ring (bicyclic) bond motifs is 1. The van der Waals surface area contributed by atoms with E-state index in [1.165, 1.54) is 6.92 Å². The minimum absolute atomic E-state index is 0.0408. The molecule has 0 unspecified atom stereocenters. The molecule has 1 heterocycles. The molecule has 1 aromatic heterocycles. The van der Waals surface area contributed by atoms with E-state index in [0.717, 1.165) is 16.5 Å². The number of carbonyl (C=O) groups excluding carboxylic acids is 2. The Morgan fingerprint density at radius 2 is 1.74 bits per heavy atom. The van der Waals surface area contributed by atoms with Gasteiger partial charge in [-0.1, -0.05) is 48.5 Å². The molecule has 7 heteroatoms. The van der Waals surface area contributed by atoms with E-state index in [0.29, 0.717) is 34.6 Å². The molecule has 0 saturated carbocycles. The van der Waals surface area contributed by atoms with E-state index in [1.54, 1.807) is 25.1 Å². The molecule has 0 spiro atoms. The van der Waals surface area contributed by atoms with Crippen LogP contribution >= 0.6 is 0 Å². The number of H-pyrrole nitrogens is 1. The van der Waals surface area contributed by atoms with Gasteiger partial charge in [-0.2, -0.15) is 0 Å². The molecule has 172 valence electrons. The van der Waals surface area contributed by atoms with Crippen LogP contribution in [0.5, 0.6) is 5.88 Å². The predicted octanol–water partition coefficient (Wildman–Crippen LogP) is 4.86. The Balaban J connectivity index is 1.79. The third-order valence-corrected chi connectivity index (χ3v) is 5.29. The molecule has 0 fully saturated rings. The molecule has 0 aliphatic rings. The molecule has 0 radical (unpaired) electrons. The Morgan fingerprint density at radius 3 is 2.41 bits per heavy atom. The van der Waals surface area contributed by atoms with Crippen molar-refractivity contribution in [3.63, 3.8) is 0 Å². The molecule has 0 atom stereocenters. The van der Waals surface area contributed by atoms with Gasteiger partial charge in [0.05, 0.1) is 29.1 Å². The summed E-state index contributed by atoms with van der Waals surface area (Å²) in [6.07, 6.45) is 0. The van der Waals surface area contributed by atoms with Gasteiger partial charge >= 0.3 is 5.97 Å². The highest BCUT2D eigenvalue weighted by Crippen LogP contribution is 2.32. The second-order valence-corrected chi connectivity index (χ2v) is 7.73. The highest BCUT2D eigenvalue weighted by atomic mass is 16.5. The normalized spacial score (nSPS) is 11.4. The number of aromatic nitrogens is 1. The van der Waals surface area contributed by atoms with Crippen molar-refractivity contribution in [3.05, 3.63) is 95.1 Å². The lowest BCUT2D eigenvalue weighted by atomic mass is 10.00. The van der Waals surface area contributed by atoms with E-state index >= 15 is 0 Å². The molecular weight excluding hydrogens is 430 g/mol. The number of nitrogens with one attached hydrogen (secondary N) is 2. The van der Waals surface area contributed by atoms with Crippen molar-refractivity contribution in [2.45, 2.75) is 20.4 Å². The Hall–Kier alpha value is -4.39. The molecule has 7 nitrogen and oxygen atoms in total. The zero-order chi connectivity index (χ0) is 24.1. The maximum Gasteiger partial charge on any atom is 0.338 e. The lowest BCUT2D eigenvalue weighted by Crippen LogP contribution is -2.18. The maximum atomic E-state index is 12.1. The van der Waals surface area contributed by atoms with Crippen LogP contribution in [0, 0.1) is 0 Å². The van der Waals surface area contributed by atoms with Crippen LogP contribution in [0.15, 0.2) is 77.8 Å². The molecule has 3 aromatic carbocycles. The van der Waals surface area contributed by atoms with Gasteiger partial charge in [-0.05, 0) is 36.8 Å². The van der Waals surface area contributed by atoms with Crippen LogP contribution < -0.4 is 5.32 Å². The van der Waals surface area contributed by atoms with Crippen molar-refractivity contribution in [3.8, 4) is 5.88 Å². The quantitative estimate of drug-likeness (QED) is 0.274. The zero-order valence-corrected chi connectivity index (χ0v) is 19.0. The van der Waals surface area contributed by atoms with Crippen LogP contribution in [-0.4, -0.2) is 34.3 Å². The van der Waals surface area contributed by atoms with E-state index in [4.69, 9.17) is 9.73 Å². The van der Waals surface area contributed by atoms with Crippen molar-refractivity contribution < 1.29 is 19.4 Å². The Morgan fingerprint density at radius 1 is 1.00 bits per heavy atom. The number of carbonyl (C=O) groups is 2. The summed E-state index contributed by atoms with van der Waals surface area (Å²) in [4.78, 5) is 31.1. The summed E-state index contributed by atoms with van der Waals surface area (Å²) < 4.78 is 5.09. The van der Waals surface area contributed by atoms with Crippen molar-refractivity contribution in [2.24, 2.45) is 4.99 Å². The van der Waals surface area contributed by atoms with Crippen LogP contribution in [0.3, 0.4) is 0 Å². The topological polar surface area (TPSA) is 104 Å². The number of ether oxygens (including phenoxy) is 1. The van der Waals surface area contributed by atoms with E-state index < -0.39 is 5.97 Å². The smallest absolute Gasteiger partial charge is 0.338 e. The largest absolute Gasteiger partial charge is 0.494 e. The highest BCUT2D eigenvalue weighted by Gasteiger charge is 2.20. The van der Waals surface area contributed by atoms with Crippen molar-refractivity contribution >= 4 is 34.2 Å². The third-order valence-electron chi connectivity index (χ3n) is 5.29. The van der Waals surface area contributed by atoms with Crippen LogP contribution in [0.2, 0.25) is 0 Å². The SMILES string of the molecule is CCOC(=O)c1ccc2c(C(=Nc3ccc(CNC(C)=O)cc3)c3ccccc3)c(O)[nH]c2c1. The summed E-state index contributed by atoms with van der Waals surface area (Å²) >= 11 is 0. The van der Waals surface area contributed by atoms with Gasteiger partial charge in [0.25, 0.3) is 0 Å². The Bertz CT molecular complexity index is 1360. The molecule has 0 bridgehead atoms. The number of aromatic amines is 1. The van der Waals surface area contributed by atoms with Gasteiger partial charge in [-0.15, -0.1) is 0 Å². The van der Waals surface area contributed by atoms with Crippen molar-refractivity contribution in [2.75, 3.05) is 6.61 Å². The summed E-state index contributed by atoms with van der Waals surface area (Å²) in [6.45, 7) is 3.96. The van der Waals surface area contributed by atoms with Gasteiger partial charge in [0.1, 0.15) is 0 Å². The number of esters is 1. The number of aliphatic imine (C=N–C) groups is 1. The molecule has 1 amide bonds. The van der Waals surface area contributed by atoms with Crippen LogP contribution in [0.25, 0.3) is 10.9 Å². The Labute approximate surface area is 197 Å². The predicted molar refractivity (Wildman–Crippen MR) is 132 cm³/mol. The van der Waals surface area contributed by atoms with E-state index in [1.807, 2.05) is 54.6 Å². The van der Waals surface area contributed by atoms with Gasteiger partial charge in [0.2, 0.25) is 5.91 Å². The van der Waals surface area contributed by atoms with Crippen LogP contribution in [0.1, 0.15) is 40.9 Å². The molecular formula is C27H25N3O4. The molecule has 0 saturated heterocycles. The second-order valence-electron chi connectivity index (χ2n) is 7.73. The van der Waals surface area contributed by atoms with Crippen LogP contribution in [0.4, 0.5) is 5.69 Å². The standard InChI is InChI=1S/C27H25N3O4/c1-3-34-27(33)20-11-14-22-23(15-20)30-26(32)24(22)25(19-7-5-4-6-8-19)29-21-12-9-18(10-13-21)16-28-17(2)31/h4-15,30,32H,3,16H2,1-2H3,(H,28,31). The van der Waals surface area contributed by atoms with Gasteiger partial charge in [-0.25, -0.2) is 9.79 Å². The second kappa shape index (κ2) is 10.0. The monoisotopic (exact) mass is 455 g/mol. The van der Waals surface area contributed by atoms with Gasteiger partial charge < -0.3 is 20.1 Å². The molecule has 4 aromatic rings. The first-order valence-electron chi connectivity index (χ1n) is 11.0. The zero-order valence-electron chi connectivity index (χ0n) is 19.0. The summed E-state index contributed by atoms with van der Waals surface area (Å²) in [6, 6.07) is 22.2. The first-order valence-corrected chi connectivity index (χ1v) is 11.0. The van der Waals surface area contributed by atoms with Gasteiger partial charge in [0.15, 0.2) is 5.88 Å². The highest BCUT2D eigenvalue weighted by molar-refractivity contribution is 6.22. The summed E-state index contributed by atoms with van der Waals surface area (Å²) in [7, 11) is 0. The maximum absolute atomic E-state index is 12.1. The van der Waals surface area contributed by atoms with Crippen molar-refractivity contribution in [1.82, 2.24) is 10.3 Å². The number of hydrogen-bond donors (Lipinski definition) is 3. The van der Waals surface area contributed by atoms with E-state index in [2.05, 4.69) is 10.3 Å². The van der Waals surface area contributed by atoms with E-state index in [9.17, 15) is 14.7 Å². The molecule has 0 aliphatic carbocycles. The fraction of sp³-hybridized carbons (Fsp3) is 0.148.